The summed E-state index contributed by atoms with van der Waals surface area (Å²) in [5, 5.41) is 0. The van der Waals surface area contributed by atoms with Gasteiger partial charge in [0.1, 0.15) is 24.2 Å². The highest BCUT2D eigenvalue weighted by Gasteiger charge is 2.38. The quantitative estimate of drug-likeness (QED) is 0.619. The summed E-state index contributed by atoms with van der Waals surface area (Å²) in [6.07, 6.45) is 1.11. The lowest BCUT2D eigenvalue weighted by Gasteiger charge is -2.20. The fourth-order valence-electron chi connectivity index (χ4n) is 4.29. The van der Waals surface area contributed by atoms with Crippen LogP contribution in [-0.2, 0) is 26.6 Å². The minimum Gasteiger partial charge on any atom is -0.492 e. The van der Waals surface area contributed by atoms with Crippen LogP contribution in [0.1, 0.15) is 47.1 Å². The van der Waals surface area contributed by atoms with Crippen molar-refractivity contribution in [3.05, 3.63) is 58.7 Å². The maximum absolute atomic E-state index is 14.5. The minimum atomic E-state index is -3.04. The second kappa shape index (κ2) is 8.22. The van der Waals surface area contributed by atoms with E-state index >= 15 is 0 Å². The van der Waals surface area contributed by atoms with Crippen molar-refractivity contribution in [3.8, 4) is 11.5 Å². The van der Waals surface area contributed by atoms with Gasteiger partial charge in [0, 0.05) is 30.2 Å². The number of carbonyl (C=O) groups is 1. The van der Waals surface area contributed by atoms with E-state index in [1.807, 2.05) is 18.2 Å². The van der Waals surface area contributed by atoms with E-state index in [-0.39, 0.29) is 30.0 Å². The van der Waals surface area contributed by atoms with Crippen LogP contribution in [0.25, 0.3) is 0 Å². The van der Waals surface area contributed by atoms with Crippen molar-refractivity contribution in [2.24, 2.45) is 0 Å². The van der Waals surface area contributed by atoms with Crippen LogP contribution in [0.15, 0.2) is 36.4 Å². The Morgan fingerprint density at radius 1 is 1.20 bits per heavy atom. The molecule has 0 spiro atoms. The number of carbonyl (C=O) groups excluding carboxylic acids is 1. The summed E-state index contributed by atoms with van der Waals surface area (Å²) in [5.74, 6) is -2.07. The van der Waals surface area contributed by atoms with Gasteiger partial charge in [0.05, 0.1) is 20.1 Å². The zero-order valence-electron chi connectivity index (χ0n) is 17.0. The summed E-state index contributed by atoms with van der Waals surface area (Å²) in [4.78, 5) is 11.6. The molecule has 4 rings (SSSR count). The molecule has 160 valence electrons. The molecule has 1 heterocycles. The van der Waals surface area contributed by atoms with Crippen molar-refractivity contribution in [3.63, 3.8) is 0 Å². The Hall–Kier alpha value is -2.67. The lowest BCUT2D eigenvalue weighted by molar-refractivity contribution is -0.141. The Labute approximate surface area is 173 Å². The van der Waals surface area contributed by atoms with Crippen LogP contribution in [0.4, 0.5) is 8.78 Å². The van der Waals surface area contributed by atoms with Crippen LogP contribution in [0, 0.1) is 0 Å². The van der Waals surface area contributed by atoms with Crippen molar-refractivity contribution in [1.29, 1.82) is 0 Å². The normalized spacial score (nSPS) is 19.7. The van der Waals surface area contributed by atoms with Crippen molar-refractivity contribution in [1.82, 2.24) is 0 Å². The Morgan fingerprint density at radius 3 is 2.80 bits per heavy atom. The van der Waals surface area contributed by atoms with Gasteiger partial charge in [0.25, 0.3) is 5.92 Å². The van der Waals surface area contributed by atoms with E-state index in [1.54, 1.807) is 12.1 Å². The van der Waals surface area contributed by atoms with Crippen molar-refractivity contribution < 1.29 is 32.5 Å². The van der Waals surface area contributed by atoms with Crippen LogP contribution >= 0.6 is 0 Å². The van der Waals surface area contributed by atoms with Crippen molar-refractivity contribution >= 4 is 5.97 Å². The second-order valence-electron chi connectivity index (χ2n) is 7.64. The highest BCUT2D eigenvalue weighted by Crippen LogP contribution is 2.43. The van der Waals surface area contributed by atoms with Gasteiger partial charge in [-0.1, -0.05) is 24.3 Å². The summed E-state index contributed by atoms with van der Waals surface area (Å²) in [6.45, 7) is -0.234. The summed E-state index contributed by atoms with van der Waals surface area (Å²) in [7, 11) is 2.64. The maximum atomic E-state index is 14.5. The van der Waals surface area contributed by atoms with Crippen LogP contribution in [0.3, 0.4) is 0 Å². The van der Waals surface area contributed by atoms with E-state index in [4.69, 9.17) is 18.9 Å². The standard InChI is InChI=1S/C23H24F2O5/c1-27-13-23(24,25)19-5-3-4-18-17(19)8-9-20(18)30-15-6-7-16-14(10-22(26)28-2)12-29-21(16)11-15/h3-7,11,14,20H,8-10,12-13H2,1-2H3. The van der Waals surface area contributed by atoms with Gasteiger partial charge in [-0.05, 0) is 30.0 Å². The largest absolute Gasteiger partial charge is 0.492 e. The molecule has 2 unspecified atom stereocenters. The number of methoxy groups -OCH3 is 2. The average molecular weight is 418 g/mol. The van der Waals surface area contributed by atoms with Gasteiger partial charge in [0.15, 0.2) is 0 Å². The molecule has 5 nitrogen and oxygen atoms in total. The van der Waals surface area contributed by atoms with E-state index < -0.39 is 12.5 Å². The number of ether oxygens (including phenoxy) is 4. The van der Waals surface area contributed by atoms with Crippen molar-refractivity contribution in [2.45, 2.75) is 37.2 Å². The van der Waals surface area contributed by atoms with E-state index in [9.17, 15) is 13.6 Å². The molecule has 2 aliphatic rings. The smallest absolute Gasteiger partial charge is 0.306 e. The fraction of sp³-hybridized carbons (Fsp3) is 0.435. The number of esters is 1. The molecule has 0 radical (unpaired) electrons. The Morgan fingerprint density at radius 2 is 2.03 bits per heavy atom. The number of hydrogen-bond acceptors (Lipinski definition) is 5. The zero-order chi connectivity index (χ0) is 21.3. The van der Waals surface area contributed by atoms with Crippen LogP contribution < -0.4 is 9.47 Å². The van der Waals surface area contributed by atoms with E-state index in [1.165, 1.54) is 20.3 Å². The topological polar surface area (TPSA) is 54.0 Å². The van der Waals surface area contributed by atoms with Gasteiger partial charge < -0.3 is 18.9 Å². The number of alkyl halides is 2. The third-order valence-electron chi connectivity index (χ3n) is 5.72. The molecule has 0 bridgehead atoms. The summed E-state index contributed by atoms with van der Waals surface area (Å²) in [5.41, 5.74) is 2.38. The van der Waals surface area contributed by atoms with Gasteiger partial charge in [-0.2, -0.15) is 8.78 Å². The molecule has 0 N–H and O–H groups in total. The lowest BCUT2D eigenvalue weighted by Crippen LogP contribution is -2.22. The SMILES string of the molecule is COCC(F)(F)c1cccc2c1CCC2Oc1ccc2c(c1)OCC2CC(=O)OC. The molecule has 30 heavy (non-hydrogen) atoms. The van der Waals surface area contributed by atoms with Gasteiger partial charge in [0.2, 0.25) is 0 Å². The Bertz CT molecular complexity index is 943. The molecular weight excluding hydrogens is 394 g/mol. The first-order valence-electron chi connectivity index (χ1n) is 9.92. The average Bonchev–Trinajstić information content (AvgIpc) is 3.32. The molecule has 1 aliphatic heterocycles. The molecule has 2 aromatic rings. The molecule has 2 atom stereocenters. The number of rotatable bonds is 7. The highest BCUT2D eigenvalue weighted by atomic mass is 19.3. The van der Waals surface area contributed by atoms with Gasteiger partial charge >= 0.3 is 5.97 Å². The highest BCUT2D eigenvalue weighted by molar-refractivity contribution is 5.71. The third kappa shape index (κ3) is 3.86. The molecule has 1 aliphatic carbocycles. The van der Waals surface area contributed by atoms with Crippen LogP contribution in [0.2, 0.25) is 0 Å². The molecule has 0 saturated heterocycles. The molecule has 0 saturated carbocycles. The summed E-state index contributed by atoms with van der Waals surface area (Å²) < 4.78 is 50.2. The van der Waals surface area contributed by atoms with Crippen LogP contribution in [-0.4, -0.2) is 33.4 Å². The lowest BCUT2D eigenvalue weighted by atomic mass is 9.97. The zero-order valence-corrected chi connectivity index (χ0v) is 17.0. The molecule has 0 aromatic heterocycles. The summed E-state index contributed by atoms with van der Waals surface area (Å²) >= 11 is 0. The third-order valence-corrected chi connectivity index (χ3v) is 5.72. The molecule has 0 amide bonds. The number of benzene rings is 2. The first kappa shape index (κ1) is 20.6. The van der Waals surface area contributed by atoms with Gasteiger partial charge in [-0.15, -0.1) is 0 Å². The molecule has 7 heteroatoms. The van der Waals surface area contributed by atoms with Crippen molar-refractivity contribution in [2.75, 3.05) is 27.4 Å². The fourth-order valence-corrected chi connectivity index (χ4v) is 4.29. The van der Waals surface area contributed by atoms with E-state index in [0.29, 0.717) is 36.5 Å². The first-order chi connectivity index (χ1) is 14.4. The second-order valence-corrected chi connectivity index (χ2v) is 7.64. The predicted molar refractivity (Wildman–Crippen MR) is 105 cm³/mol. The number of hydrogen-bond donors (Lipinski definition) is 0. The van der Waals surface area contributed by atoms with E-state index in [2.05, 4.69) is 0 Å². The first-order valence-corrected chi connectivity index (χ1v) is 9.92. The maximum Gasteiger partial charge on any atom is 0.306 e. The molecule has 0 fully saturated rings. The Kier molecular flexibility index (Phi) is 5.64. The molecular formula is C23H24F2O5. The predicted octanol–water partition coefficient (Wildman–Crippen LogP) is 4.53. The van der Waals surface area contributed by atoms with Gasteiger partial charge in [-0.3, -0.25) is 4.79 Å². The van der Waals surface area contributed by atoms with E-state index in [0.717, 1.165) is 11.1 Å². The monoisotopic (exact) mass is 418 g/mol. The number of halogens is 2. The molecule has 2 aromatic carbocycles. The minimum absolute atomic E-state index is 0.0101. The number of fused-ring (bicyclic) bond motifs is 2. The summed E-state index contributed by atoms with van der Waals surface area (Å²) in [6, 6.07) is 10.5. The van der Waals surface area contributed by atoms with Gasteiger partial charge in [-0.25, -0.2) is 0 Å². The Balaban J connectivity index is 1.52. The van der Waals surface area contributed by atoms with Crippen LogP contribution in [0.5, 0.6) is 11.5 Å².